The Morgan fingerprint density at radius 1 is 1.22 bits per heavy atom. The van der Waals surface area contributed by atoms with Crippen molar-refractivity contribution in [3.8, 4) is 0 Å². The summed E-state index contributed by atoms with van der Waals surface area (Å²) in [5, 5.41) is 3.50. The number of carbonyl (C=O) groups is 1. The standard InChI is InChI=1S/C15H28N2O/c1-14(2,3)11-13(18)17-10-9-16-12-15(17)7-5-4-6-8-15/h16H,4-12H2,1-3H3. The number of nitrogens with zero attached hydrogens (tertiary/aromatic N) is 1. The molecule has 2 fully saturated rings. The van der Waals surface area contributed by atoms with Gasteiger partial charge < -0.3 is 10.2 Å². The van der Waals surface area contributed by atoms with Gasteiger partial charge in [0, 0.05) is 26.1 Å². The number of hydrogen-bond donors (Lipinski definition) is 1. The van der Waals surface area contributed by atoms with Gasteiger partial charge in [0.15, 0.2) is 0 Å². The van der Waals surface area contributed by atoms with Crippen LogP contribution in [0.15, 0.2) is 0 Å². The van der Waals surface area contributed by atoms with Gasteiger partial charge in [-0.15, -0.1) is 0 Å². The highest BCUT2D eigenvalue weighted by Gasteiger charge is 2.42. The van der Waals surface area contributed by atoms with Crippen molar-refractivity contribution < 1.29 is 4.79 Å². The molecule has 1 aliphatic carbocycles. The fourth-order valence-corrected chi connectivity index (χ4v) is 3.44. The molecule has 18 heavy (non-hydrogen) atoms. The molecule has 104 valence electrons. The quantitative estimate of drug-likeness (QED) is 0.778. The summed E-state index contributed by atoms with van der Waals surface area (Å²) in [6, 6.07) is 0. The third-order valence-electron chi connectivity index (χ3n) is 4.31. The first kappa shape index (κ1) is 13.9. The molecule has 0 unspecified atom stereocenters. The third kappa shape index (κ3) is 3.05. The number of nitrogens with one attached hydrogen (secondary N) is 1. The van der Waals surface area contributed by atoms with Crippen LogP contribution < -0.4 is 5.32 Å². The fraction of sp³-hybridized carbons (Fsp3) is 0.933. The number of rotatable bonds is 1. The predicted octanol–water partition coefficient (Wildman–Crippen LogP) is 2.56. The van der Waals surface area contributed by atoms with E-state index in [-0.39, 0.29) is 11.0 Å². The Balaban J connectivity index is 2.10. The lowest BCUT2D eigenvalue weighted by molar-refractivity contribution is -0.142. The molecule has 1 spiro atoms. The van der Waals surface area contributed by atoms with Crippen molar-refractivity contribution in [1.29, 1.82) is 0 Å². The van der Waals surface area contributed by atoms with Gasteiger partial charge in [-0.1, -0.05) is 40.0 Å². The van der Waals surface area contributed by atoms with Crippen molar-refractivity contribution >= 4 is 5.91 Å². The van der Waals surface area contributed by atoms with Gasteiger partial charge in [0.25, 0.3) is 0 Å². The summed E-state index contributed by atoms with van der Waals surface area (Å²) in [5.74, 6) is 0.367. The Labute approximate surface area is 111 Å². The summed E-state index contributed by atoms with van der Waals surface area (Å²) in [4.78, 5) is 14.8. The van der Waals surface area contributed by atoms with Crippen LogP contribution in [0.25, 0.3) is 0 Å². The highest BCUT2D eigenvalue weighted by Crippen LogP contribution is 2.36. The minimum atomic E-state index is 0.0951. The molecule has 1 aliphatic heterocycles. The van der Waals surface area contributed by atoms with Crippen LogP contribution in [0.2, 0.25) is 0 Å². The van der Waals surface area contributed by atoms with Gasteiger partial charge in [0.05, 0.1) is 5.54 Å². The van der Waals surface area contributed by atoms with Crippen molar-refractivity contribution in [3.05, 3.63) is 0 Å². The normalized spacial score (nSPS) is 24.3. The minimum Gasteiger partial charge on any atom is -0.334 e. The van der Waals surface area contributed by atoms with E-state index >= 15 is 0 Å². The highest BCUT2D eigenvalue weighted by molar-refractivity contribution is 5.78. The molecular weight excluding hydrogens is 224 g/mol. The molecule has 3 nitrogen and oxygen atoms in total. The van der Waals surface area contributed by atoms with Gasteiger partial charge in [0.1, 0.15) is 0 Å². The molecule has 3 heteroatoms. The molecule has 0 aromatic carbocycles. The molecule has 1 saturated carbocycles. The summed E-state index contributed by atoms with van der Waals surface area (Å²) in [7, 11) is 0. The molecule has 0 atom stereocenters. The molecule has 0 aromatic heterocycles. The molecule has 2 aliphatic rings. The number of carbonyl (C=O) groups excluding carboxylic acids is 1. The van der Waals surface area contributed by atoms with Gasteiger partial charge in [-0.05, 0) is 18.3 Å². The maximum atomic E-state index is 12.6. The first-order valence-electron chi connectivity index (χ1n) is 7.44. The van der Waals surface area contributed by atoms with E-state index in [0.717, 1.165) is 19.6 Å². The summed E-state index contributed by atoms with van der Waals surface area (Å²) in [5.41, 5.74) is 0.233. The number of piperazine rings is 1. The van der Waals surface area contributed by atoms with Crippen molar-refractivity contribution in [1.82, 2.24) is 10.2 Å². The van der Waals surface area contributed by atoms with Crippen molar-refractivity contribution in [2.45, 2.75) is 64.8 Å². The van der Waals surface area contributed by atoms with E-state index in [9.17, 15) is 4.79 Å². The Morgan fingerprint density at radius 3 is 2.50 bits per heavy atom. The first-order chi connectivity index (χ1) is 8.43. The van der Waals surface area contributed by atoms with Crippen LogP contribution in [0.5, 0.6) is 0 Å². The highest BCUT2D eigenvalue weighted by atomic mass is 16.2. The second-order valence-corrected chi connectivity index (χ2v) is 7.24. The average molecular weight is 252 g/mol. The van der Waals surface area contributed by atoms with Gasteiger partial charge in [-0.2, -0.15) is 0 Å². The molecule has 1 amide bonds. The van der Waals surface area contributed by atoms with Crippen LogP contribution in [-0.2, 0) is 4.79 Å². The topological polar surface area (TPSA) is 32.3 Å². The first-order valence-corrected chi connectivity index (χ1v) is 7.44. The maximum absolute atomic E-state index is 12.6. The smallest absolute Gasteiger partial charge is 0.223 e. The molecule has 2 rings (SSSR count). The second-order valence-electron chi connectivity index (χ2n) is 7.24. The van der Waals surface area contributed by atoms with Gasteiger partial charge in [-0.3, -0.25) is 4.79 Å². The van der Waals surface area contributed by atoms with E-state index in [1.807, 2.05) is 0 Å². The molecule has 0 bridgehead atoms. The number of hydrogen-bond acceptors (Lipinski definition) is 2. The third-order valence-corrected chi connectivity index (χ3v) is 4.31. The van der Waals surface area contributed by atoms with E-state index in [2.05, 4.69) is 31.0 Å². The lowest BCUT2D eigenvalue weighted by Crippen LogP contribution is -2.63. The largest absolute Gasteiger partial charge is 0.334 e. The van der Waals surface area contributed by atoms with Crippen molar-refractivity contribution in [2.24, 2.45) is 5.41 Å². The van der Waals surface area contributed by atoms with E-state index < -0.39 is 0 Å². The van der Waals surface area contributed by atoms with Crippen LogP contribution in [0.3, 0.4) is 0 Å². The fourth-order valence-electron chi connectivity index (χ4n) is 3.44. The number of amides is 1. The van der Waals surface area contributed by atoms with Crippen LogP contribution in [0.1, 0.15) is 59.3 Å². The van der Waals surface area contributed by atoms with E-state index in [1.165, 1.54) is 32.1 Å². The van der Waals surface area contributed by atoms with E-state index in [4.69, 9.17) is 0 Å². The van der Waals surface area contributed by atoms with E-state index in [0.29, 0.717) is 12.3 Å². The lowest BCUT2D eigenvalue weighted by atomic mass is 9.78. The maximum Gasteiger partial charge on any atom is 0.223 e. The monoisotopic (exact) mass is 252 g/mol. The summed E-state index contributed by atoms with van der Waals surface area (Å²) < 4.78 is 0. The second kappa shape index (κ2) is 5.20. The molecule has 0 aromatic rings. The summed E-state index contributed by atoms with van der Waals surface area (Å²) in [6.45, 7) is 9.32. The van der Waals surface area contributed by atoms with Crippen LogP contribution in [0, 0.1) is 5.41 Å². The van der Waals surface area contributed by atoms with Gasteiger partial charge in [-0.25, -0.2) is 0 Å². The molecule has 0 radical (unpaired) electrons. The molecular formula is C15H28N2O. The zero-order valence-corrected chi connectivity index (χ0v) is 12.2. The minimum absolute atomic E-state index is 0.0951. The summed E-state index contributed by atoms with van der Waals surface area (Å²) in [6.07, 6.45) is 6.95. The summed E-state index contributed by atoms with van der Waals surface area (Å²) >= 11 is 0. The molecule has 1 saturated heterocycles. The van der Waals surface area contributed by atoms with E-state index in [1.54, 1.807) is 0 Å². The van der Waals surface area contributed by atoms with Crippen LogP contribution in [-0.4, -0.2) is 36.0 Å². The van der Waals surface area contributed by atoms with Gasteiger partial charge >= 0.3 is 0 Å². The zero-order chi connectivity index (χ0) is 13.2. The Bertz CT molecular complexity index is 292. The van der Waals surface area contributed by atoms with Crippen LogP contribution in [0.4, 0.5) is 0 Å². The Morgan fingerprint density at radius 2 is 1.89 bits per heavy atom. The SMILES string of the molecule is CC(C)(C)CC(=O)N1CCNCC12CCCCC2. The average Bonchev–Trinajstić information content (AvgIpc) is 2.28. The van der Waals surface area contributed by atoms with Gasteiger partial charge in [0.2, 0.25) is 5.91 Å². The van der Waals surface area contributed by atoms with Crippen LogP contribution >= 0.6 is 0 Å². The molecule has 1 heterocycles. The Hall–Kier alpha value is -0.570. The molecule has 1 N–H and O–H groups in total. The lowest BCUT2D eigenvalue weighted by Gasteiger charge is -2.50. The van der Waals surface area contributed by atoms with Crippen molar-refractivity contribution in [2.75, 3.05) is 19.6 Å². The van der Waals surface area contributed by atoms with Crippen molar-refractivity contribution in [3.63, 3.8) is 0 Å². The zero-order valence-electron chi connectivity index (χ0n) is 12.2. The predicted molar refractivity (Wildman–Crippen MR) is 74.5 cm³/mol. The Kier molecular flexibility index (Phi) is 4.00.